The van der Waals surface area contributed by atoms with Gasteiger partial charge in [0.25, 0.3) is 10.0 Å². The summed E-state index contributed by atoms with van der Waals surface area (Å²) in [5, 5.41) is 5.08. The Morgan fingerprint density at radius 1 is 1.26 bits per heavy atom. The van der Waals surface area contributed by atoms with E-state index in [0.717, 1.165) is 28.6 Å². The normalized spacial score (nSPS) is 18.6. The molecule has 1 aliphatic rings. The quantitative estimate of drug-likeness (QED) is 0.694. The Balaban J connectivity index is 1.59. The number of aromatic nitrogens is 1. The topological polar surface area (TPSA) is 79.4 Å². The second kappa shape index (κ2) is 7.31. The fraction of sp³-hybridized carbons (Fsp3) is 0.333. The van der Waals surface area contributed by atoms with E-state index in [1.54, 1.807) is 17.5 Å². The minimum absolute atomic E-state index is 0.276. The summed E-state index contributed by atoms with van der Waals surface area (Å²) in [5.74, 6) is -0.313. The largest absolute Gasteiger partial charge is 0.301 e. The molecule has 0 spiro atoms. The minimum atomic E-state index is -3.66. The fourth-order valence-corrected chi connectivity index (χ4v) is 7.03. The molecule has 1 aromatic carbocycles. The smallest absolute Gasteiger partial charge is 0.253 e. The lowest BCUT2D eigenvalue weighted by atomic mass is 10.0. The SMILES string of the molecule is Cc1cccc2sc(NC(=O)[C@H]3CCCCN3S(=O)(=O)c3cccs3)nc12. The molecule has 0 unspecified atom stereocenters. The van der Waals surface area contributed by atoms with Gasteiger partial charge in [0.2, 0.25) is 5.91 Å². The van der Waals surface area contributed by atoms with Gasteiger partial charge in [0.1, 0.15) is 10.3 Å². The van der Waals surface area contributed by atoms with Crippen LogP contribution >= 0.6 is 22.7 Å². The van der Waals surface area contributed by atoms with Gasteiger partial charge in [-0.1, -0.05) is 36.0 Å². The number of anilines is 1. The summed E-state index contributed by atoms with van der Waals surface area (Å²) in [4.78, 5) is 17.4. The van der Waals surface area contributed by atoms with Crippen LogP contribution in [-0.4, -0.2) is 36.2 Å². The zero-order valence-corrected chi connectivity index (χ0v) is 17.2. The summed E-state index contributed by atoms with van der Waals surface area (Å²) >= 11 is 2.58. The van der Waals surface area contributed by atoms with Crippen LogP contribution in [0.2, 0.25) is 0 Å². The number of nitrogens with zero attached hydrogens (tertiary/aromatic N) is 2. The Hall–Kier alpha value is -1.81. The Kier molecular flexibility index (Phi) is 5.02. The van der Waals surface area contributed by atoms with Gasteiger partial charge in [-0.3, -0.25) is 4.79 Å². The number of thiophene rings is 1. The molecule has 0 saturated carbocycles. The molecule has 9 heteroatoms. The highest BCUT2D eigenvalue weighted by molar-refractivity contribution is 7.91. The van der Waals surface area contributed by atoms with Crippen LogP contribution in [0.25, 0.3) is 10.2 Å². The Bertz CT molecular complexity index is 1070. The van der Waals surface area contributed by atoms with Crippen LogP contribution < -0.4 is 5.32 Å². The van der Waals surface area contributed by atoms with Crippen LogP contribution in [-0.2, 0) is 14.8 Å². The highest BCUT2D eigenvalue weighted by atomic mass is 32.2. The number of carbonyl (C=O) groups excluding carboxylic acids is 1. The summed E-state index contributed by atoms with van der Waals surface area (Å²) in [7, 11) is -3.66. The maximum Gasteiger partial charge on any atom is 0.253 e. The zero-order chi connectivity index (χ0) is 19.0. The van der Waals surface area contributed by atoms with E-state index in [1.807, 2.05) is 25.1 Å². The van der Waals surface area contributed by atoms with E-state index in [-0.39, 0.29) is 10.1 Å². The van der Waals surface area contributed by atoms with E-state index in [1.165, 1.54) is 27.0 Å². The number of piperidine rings is 1. The van der Waals surface area contributed by atoms with E-state index in [9.17, 15) is 13.2 Å². The van der Waals surface area contributed by atoms with Crippen molar-refractivity contribution in [1.82, 2.24) is 9.29 Å². The van der Waals surface area contributed by atoms with Crippen LogP contribution in [0.4, 0.5) is 5.13 Å². The highest BCUT2D eigenvalue weighted by Crippen LogP contribution is 2.31. The molecule has 1 N–H and O–H groups in total. The number of hydrogen-bond acceptors (Lipinski definition) is 6. The second-order valence-electron chi connectivity index (χ2n) is 6.49. The van der Waals surface area contributed by atoms with Crippen molar-refractivity contribution < 1.29 is 13.2 Å². The molecule has 1 amide bonds. The average Bonchev–Trinajstić information content (AvgIpc) is 3.32. The predicted molar refractivity (Wildman–Crippen MR) is 109 cm³/mol. The van der Waals surface area contributed by atoms with Crippen LogP contribution in [0.15, 0.2) is 39.9 Å². The van der Waals surface area contributed by atoms with Gasteiger partial charge in [0.15, 0.2) is 5.13 Å². The molecule has 6 nitrogen and oxygen atoms in total. The number of rotatable bonds is 4. The first-order chi connectivity index (χ1) is 13.0. The minimum Gasteiger partial charge on any atom is -0.301 e. The molecule has 2 aromatic heterocycles. The molecule has 0 aliphatic carbocycles. The third-order valence-electron chi connectivity index (χ3n) is 4.67. The van der Waals surface area contributed by atoms with E-state index in [2.05, 4.69) is 10.3 Å². The monoisotopic (exact) mass is 421 g/mol. The molecule has 3 aromatic rings. The van der Waals surface area contributed by atoms with Crippen molar-refractivity contribution in [2.24, 2.45) is 0 Å². The van der Waals surface area contributed by atoms with Crippen molar-refractivity contribution in [2.75, 3.05) is 11.9 Å². The van der Waals surface area contributed by atoms with Crippen molar-refractivity contribution in [3.05, 3.63) is 41.3 Å². The molecule has 1 aliphatic heterocycles. The maximum atomic E-state index is 12.9. The number of thiazole rings is 1. The molecule has 1 atom stereocenters. The molecule has 0 bridgehead atoms. The van der Waals surface area contributed by atoms with Gasteiger partial charge in [-0.25, -0.2) is 13.4 Å². The van der Waals surface area contributed by atoms with Crippen LogP contribution in [0.1, 0.15) is 24.8 Å². The number of carbonyl (C=O) groups is 1. The summed E-state index contributed by atoms with van der Waals surface area (Å²) < 4.78 is 28.5. The van der Waals surface area contributed by atoms with E-state index >= 15 is 0 Å². The maximum absolute atomic E-state index is 12.9. The summed E-state index contributed by atoms with van der Waals surface area (Å²) in [5.41, 5.74) is 1.91. The first kappa shape index (κ1) is 18.5. The van der Waals surface area contributed by atoms with Gasteiger partial charge in [-0.2, -0.15) is 4.31 Å². The van der Waals surface area contributed by atoms with Crippen molar-refractivity contribution in [2.45, 2.75) is 36.4 Å². The van der Waals surface area contributed by atoms with Crippen LogP contribution in [0.3, 0.4) is 0 Å². The van der Waals surface area contributed by atoms with Crippen LogP contribution in [0, 0.1) is 6.92 Å². The standard InChI is InChI=1S/C18H19N3O3S3/c1-12-6-4-8-14-16(12)19-18(26-14)20-17(22)13-7-2-3-10-21(13)27(23,24)15-9-5-11-25-15/h4-6,8-9,11,13H,2-3,7,10H2,1H3,(H,19,20,22)/t13-/m1/s1. The lowest BCUT2D eigenvalue weighted by molar-refractivity contribution is -0.120. The number of sulfonamides is 1. The molecule has 3 heterocycles. The summed E-state index contributed by atoms with van der Waals surface area (Å²) in [6.45, 7) is 2.33. The molecule has 0 radical (unpaired) electrons. The third kappa shape index (κ3) is 3.52. The molecule has 1 saturated heterocycles. The first-order valence-corrected chi connectivity index (χ1v) is 11.8. The fourth-order valence-electron chi connectivity index (χ4n) is 3.31. The Morgan fingerprint density at radius 2 is 2.11 bits per heavy atom. The second-order valence-corrected chi connectivity index (χ2v) is 10.6. The van der Waals surface area contributed by atoms with Crippen molar-refractivity contribution in [3.8, 4) is 0 Å². The number of para-hydroxylation sites is 1. The lowest BCUT2D eigenvalue weighted by Gasteiger charge is -2.32. The predicted octanol–water partition coefficient (Wildman–Crippen LogP) is 3.85. The number of fused-ring (bicyclic) bond motifs is 1. The number of benzene rings is 1. The molecule has 4 rings (SSSR count). The van der Waals surface area contributed by atoms with Crippen molar-refractivity contribution in [3.63, 3.8) is 0 Å². The lowest BCUT2D eigenvalue weighted by Crippen LogP contribution is -2.49. The average molecular weight is 422 g/mol. The Labute approximate surface area is 165 Å². The number of nitrogens with one attached hydrogen (secondary N) is 1. The molecule has 27 heavy (non-hydrogen) atoms. The van der Waals surface area contributed by atoms with Crippen molar-refractivity contribution in [1.29, 1.82) is 0 Å². The van der Waals surface area contributed by atoms with E-state index in [4.69, 9.17) is 0 Å². The number of aryl methyl sites for hydroxylation is 1. The van der Waals surface area contributed by atoms with Gasteiger partial charge in [0, 0.05) is 6.54 Å². The Morgan fingerprint density at radius 3 is 2.85 bits per heavy atom. The first-order valence-electron chi connectivity index (χ1n) is 8.69. The summed E-state index contributed by atoms with van der Waals surface area (Å²) in [6.07, 6.45) is 2.10. The summed E-state index contributed by atoms with van der Waals surface area (Å²) in [6, 6.07) is 8.48. The van der Waals surface area contributed by atoms with Crippen LogP contribution in [0.5, 0.6) is 0 Å². The van der Waals surface area contributed by atoms with Gasteiger partial charge < -0.3 is 5.32 Å². The highest BCUT2D eigenvalue weighted by Gasteiger charge is 2.38. The van der Waals surface area contributed by atoms with Gasteiger partial charge in [-0.05, 0) is 42.8 Å². The number of amides is 1. The molecular formula is C18H19N3O3S3. The van der Waals surface area contributed by atoms with E-state index in [0.29, 0.717) is 18.1 Å². The number of hydrogen-bond donors (Lipinski definition) is 1. The molecular weight excluding hydrogens is 402 g/mol. The molecule has 142 valence electrons. The van der Waals surface area contributed by atoms with Gasteiger partial charge in [0.05, 0.1) is 10.2 Å². The zero-order valence-electron chi connectivity index (χ0n) is 14.7. The van der Waals surface area contributed by atoms with Gasteiger partial charge >= 0.3 is 0 Å². The van der Waals surface area contributed by atoms with Gasteiger partial charge in [-0.15, -0.1) is 11.3 Å². The van der Waals surface area contributed by atoms with E-state index < -0.39 is 16.1 Å². The molecule has 1 fully saturated rings. The third-order valence-corrected chi connectivity index (χ3v) is 8.88. The van der Waals surface area contributed by atoms with Crippen molar-refractivity contribution >= 4 is 54.0 Å².